The summed E-state index contributed by atoms with van der Waals surface area (Å²) >= 11 is 7.05. The van der Waals surface area contributed by atoms with Gasteiger partial charge in [0.1, 0.15) is 4.21 Å². The summed E-state index contributed by atoms with van der Waals surface area (Å²) in [6.45, 7) is 1.68. The van der Waals surface area contributed by atoms with Crippen molar-refractivity contribution in [1.29, 1.82) is 0 Å². The number of benzene rings is 2. The first-order valence-electron chi connectivity index (χ1n) is 9.12. The molecule has 0 aliphatic rings. The monoisotopic (exact) mass is 472 g/mol. The minimum Gasteiger partial charge on any atom is -0.326 e. The first-order chi connectivity index (χ1) is 14.8. The van der Waals surface area contributed by atoms with Gasteiger partial charge in [0.05, 0.1) is 5.69 Å². The summed E-state index contributed by atoms with van der Waals surface area (Å²) in [5.41, 5.74) is 2.49. The van der Waals surface area contributed by atoms with E-state index in [4.69, 9.17) is 11.6 Å². The minimum absolute atomic E-state index is 0.238. The Morgan fingerprint density at radius 3 is 2.32 bits per heavy atom. The predicted octanol–water partition coefficient (Wildman–Crippen LogP) is 5.00. The third-order valence-corrected chi connectivity index (χ3v) is 7.46. The lowest BCUT2D eigenvalue weighted by molar-refractivity contribution is 0.603. The van der Waals surface area contributed by atoms with Crippen molar-refractivity contribution in [1.82, 2.24) is 9.97 Å². The lowest BCUT2D eigenvalue weighted by Gasteiger charge is -2.11. The Bertz CT molecular complexity index is 1370. The molecule has 4 aromatic rings. The van der Waals surface area contributed by atoms with Crippen LogP contribution in [0.1, 0.15) is 5.56 Å². The van der Waals surface area contributed by atoms with E-state index in [-0.39, 0.29) is 15.7 Å². The predicted molar refractivity (Wildman–Crippen MR) is 125 cm³/mol. The Labute approximate surface area is 187 Å². The van der Waals surface area contributed by atoms with E-state index in [0.717, 1.165) is 17.0 Å². The highest BCUT2D eigenvalue weighted by molar-refractivity contribution is 7.94. The smallest absolute Gasteiger partial charge is 0.271 e. The molecule has 2 aromatic heterocycles. The highest BCUT2D eigenvalue weighted by Gasteiger charge is 2.16. The fraction of sp³-hybridized carbons (Fsp3) is 0.0476. The fourth-order valence-electron chi connectivity index (χ4n) is 2.86. The average Bonchev–Trinajstić information content (AvgIpc) is 3.29. The number of nitrogens with one attached hydrogen (secondary N) is 3. The highest BCUT2D eigenvalue weighted by atomic mass is 35.5. The lowest BCUT2D eigenvalue weighted by atomic mass is 10.1. The van der Waals surface area contributed by atoms with Crippen LogP contribution in [-0.2, 0) is 10.0 Å². The Morgan fingerprint density at radius 1 is 1.00 bits per heavy atom. The largest absolute Gasteiger partial charge is 0.326 e. The normalized spacial score (nSPS) is 11.3. The quantitative estimate of drug-likeness (QED) is 0.366. The van der Waals surface area contributed by atoms with Gasteiger partial charge in [0.25, 0.3) is 15.6 Å². The number of hydrogen-bond acceptors (Lipinski definition) is 6. The number of aromatic amines is 1. The fourth-order valence-corrected chi connectivity index (χ4v) is 5.04. The number of halogens is 1. The van der Waals surface area contributed by atoms with Crippen molar-refractivity contribution in [2.45, 2.75) is 11.1 Å². The molecule has 0 saturated carbocycles. The number of anilines is 3. The molecule has 158 valence electrons. The zero-order valence-corrected chi connectivity index (χ0v) is 18.6. The van der Waals surface area contributed by atoms with Crippen molar-refractivity contribution in [3.63, 3.8) is 0 Å². The van der Waals surface area contributed by atoms with Gasteiger partial charge in [-0.2, -0.15) is 0 Å². The van der Waals surface area contributed by atoms with Crippen LogP contribution in [0.4, 0.5) is 17.3 Å². The molecule has 3 N–H and O–H groups in total. The Balaban J connectivity index is 1.61. The summed E-state index contributed by atoms with van der Waals surface area (Å²) in [7, 11) is -3.63. The molecule has 0 radical (unpaired) electrons. The molecule has 7 nitrogen and oxygen atoms in total. The molecular formula is C21H17ClN4O3S2. The number of H-pyrrole nitrogens is 1. The van der Waals surface area contributed by atoms with Gasteiger partial charge in [0.2, 0.25) is 5.95 Å². The van der Waals surface area contributed by atoms with Gasteiger partial charge in [-0.25, -0.2) is 13.4 Å². The Kier molecular flexibility index (Phi) is 5.81. The number of aromatic nitrogens is 2. The number of nitrogens with zero attached hydrogens (tertiary/aromatic N) is 1. The van der Waals surface area contributed by atoms with Crippen LogP contribution in [0.15, 0.2) is 75.0 Å². The minimum atomic E-state index is -3.63. The molecule has 0 unspecified atom stereocenters. The Hall–Kier alpha value is -3.14. The number of thiophene rings is 1. The highest BCUT2D eigenvalue weighted by Crippen LogP contribution is 2.25. The molecule has 0 fully saturated rings. The van der Waals surface area contributed by atoms with Crippen LogP contribution in [0.25, 0.3) is 11.3 Å². The number of hydrogen-bond donors (Lipinski definition) is 3. The van der Waals surface area contributed by atoms with Crippen LogP contribution < -0.4 is 15.6 Å². The maximum atomic E-state index is 12.4. The van der Waals surface area contributed by atoms with Crippen LogP contribution in [0, 0.1) is 6.92 Å². The number of sulfonamides is 1. The maximum Gasteiger partial charge on any atom is 0.271 e. The first kappa shape index (κ1) is 21.1. The second-order valence-electron chi connectivity index (χ2n) is 6.63. The molecule has 0 aliphatic heterocycles. The van der Waals surface area contributed by atoms with Crippen molar-refractivity contribution in [3.05, 3.63) is 87.0 Å². The number of rotatable bonds is 6. The maximum absolute atomic E-state index is 12.4. The molecule has 0 aliphatic carbocycles. The van der Waals surface area contributed by atoms with Gasteiger partial charge in [-0.1, -0.05) is 29.8 Å². The van der Waals surface area contributed by atoms with E-state index in [9.17, 15) is 13.2 Å². The van der Waals surface area contributed by atoms with Crippen molar-refractivity contribution in [2.75, 3.05) is 10.0 Å². The lowest BCUT2D eigenvalue weighted by Crippen LogP contribution is -2.15. The van der Waals surface area contributed by atoms with Crippen LogP contribution >= 0.6 is 22.9 Å². The zero-order chi connectivity index (χ0) is 22.0. The molecule has 2 aromatic carbocycles. The SMILES string of the molecule is Cc1c(-c2ccc(NS(=O)(=O)c3cccs3)cc2)nc(Nc2ccc(Cl)cc2)[nH]c1=O. The molecule has 10 heteroatoms. The second kappa shape index (κ2) is 8.54. The topological polar surface area (TPSA) is 104 Å². The van der Waals surface area contributed by atoms with Gasteiger partial charge < -0.3 is 5.32 Å². The van der Waals surface area contributed by atoms with Gasteiger partial charge in [0.15, 0.2) is 0 Å². The molecule has 0 atom stereocenters. The molecule has 0 saturated heterocycles. The third-order valence-electron chi connectivity index (χ3n) is 4.43. The molecule has 2 heterocycles. The third kappa shape index (κ3) is 4.79. The summed E-state index contributed by atoms with van der Waals surface area (Å²) in [6.07, 6.45) is 0. The van der Waals surface area contributed by atoms with Crippen molar-refractivity contribution < 1.29 is 8.42 Å². The van der Waals surface area contributed by atoms with Crippen molar-refractivity contribution in [3.8, 4) is 11.3 Å². The van der Waals surface area contributed by atoms with E-state index in [0.29, 0.717) is 27.5 Å². The van der Waals surface area contributed by atoms with Crippen LogP contribution in [0.2, 0.25) is 5.02 Å². The van der Waals surface area contributed by atoms with E-state index >= 15 is 0 Å². The van der Waals surface area contributed by atoms with Gasteiger partial charge >= 0.3 is 0 Å². The van der Waals surface area contributed by atoms with Crippen LogP contribution in [0.5, 0.6) is 0 Å². The molecule has 0 bridgehead atoms. The molecule has 4 rings (SSSR count). The van der Waals surface area contributed by atoms with Crippen LogP contribution in [0.3, 0.4) is 0 Å². The average molecular weight is 473 g/mol. The summed E-state index contributed by atoms with van der Waals surface area (Å²) in [5, 5.41) is 5.36. The summed E-state index contributed by atoms with van der Waals surface area (Å²) < 4.78 is 27.5. The summed E-state index contributed by atoms with van der Waals surface area (Å²) in [6, 6.07) is 16.9. The van der Waals surface area contributed by atoms with E-state index in [1.807, 2.05) is 0 Å². The van der Waals surface area contributed by atoms with E-state index in [1.165, 1.54) is 0 Å². The van der Waals surface area contributed by atoms with Gasteiger partial charge in [-0.3, -0.25) is 14.5 Å². The van der Waals surface area contributed by atoms with Gasteiger partial charge in [-0.15, -0.1) is 11.3 Å². The first-order valence-corrected chi connectivity index (χ1v) is 11.9. The van der Waals surface area contributed by atoms with E-state index < -0.39 is 10.0 Å². The van der Waals surface area contributed by atoms with E-state index in [2.05, 4.69) is 20.0 Å². The van der Waals surface area contributed by atoms with Gasteiger partial charge in [-0.05, 0) is 54.8 Å². The van der Waals surface area contributed by atoms with Crippen molar-refractivity contribution >= 4 is 50.3 Å². The van der Waals surface area contributed by atoms with Crippen molar-refractivity contribution in [2.24, 2.45) is 0 Å². The molecule has 0 spiro atoms. The second-order valence-corrected chi connectivity index (χ2v) is 9.93. The van der Waals surface area contributed by atoms with Gasteiger partial charge in [0, 0.05) is 27.5 Å². The summed E-state index contributed by atoms with van der Waals surface area (Å²) in [5.74, 6) is 0.287. The summed E-state index contributed by atoms with van der Waals surface area (Å²) in [4.78, 5) is 19.7. The molecule has 31 heavy (non-hydrogen) atoms. The van der Waals surface area contributed by atoms with E-state index in [1.54, 1.807) is 73.0 Å². The zero-order valence-electron chi connectivity index (χ0n) is 16.2. The van der Waals surface area contributed by atoms with Crippen LogP contribution in [-0.4, -0.2) is 18.4 Å². The standard InChI is InChI=1S/C21H17ClN4O3S2/c1-13-19(24-21(25-20(13)27)23-16-10-6-15(22)7-11-16)14-4-8-17(9-5-14)26-31(28,29)18-3-2-12-30-18/h2-12,26H,1H3,(H2,23,24,25,27). The molecular weight excluding hydrogens is 456 g/mol. The Morgan fingerprint density at radius 2 is 1.68 bits per heavy atom. The molecule has 0 amide bonds.